The van der Waals surface area contributed by atoms with Crippen molar-refractivity contribution in [2.24, 2.45) is 0 Å². The van der Waals surface area contributed by atoms with Crippen LogP contribution < -0.4 is 0 Å². The molecule has 0 saturated carbocycles. The van der Waals surface area contributed by atoms with Gasteiger partial charge in [-0.1, -0.05) is 115 Å². The molecular weight excluding hydrogens is 713 g/mol. The van der Waals surface area contributed by atoms with E-state index in [0.29, 0.717) is 11.1 Å². The van der Waals surface area contributed by atoms with E-state index in [0.717, 1.165) is 109 Å². The van der Waals surface area contributed by atoms with Crippen molar-refractivity contribution < 1.29 is 17.6 Å². The number of hydrogen-bond donors (Lipinski definition) is 0. The van der Waals surface area contributed by atoms with E-state index in [1.165, 1.54) is 24.3 Å². The minimum atomic E-state index is -3.12. The molecule has 0 unspecified atom stereocenters. The highest BCUT2D eigenvalue weighted by atomic mass is 19.3. The first kappa shape index (κ1) is 31.2. The minimum absolute atomic E-state index is 0.0523. The second-order valence-corrected chi connectivity index (χ2v) is 15.5. The molecule has 0 atom stereocenters. The van der Waals surface area contributed by atoms with Crippen molar-refractivity contribution >= 4 is 64.6 Å². The van der Waals surface area contributed by atoms with Gasteiger partial charge in [0.25, 0.3) is 5.92 Å². The Balaban J connectivity index is 1.16. The molecule has 0 fully saturated rings. The molecule has 0 nitrogen and oxygen atoms in total. The van der Waals surface area contributed by atoms with Gasteiger partial charge in [0.2, 0.25) is 0 Å². The summed E-state index contributed by atoms with van der Waals surface area (Å²) in [7, 11) is 0. The van der Waals surface area contributed by atoms with Gasteiger partial charge >= 0.3 is 0 Å². The van der Waals surface area contributed by atoms with Crippen LogP contribution >= 0.6 is 0 Å². The van der Waals surface area contributed by atoms with Gasteiger partial charge in [0.1, 0.15) is 11.6 Å². The number of rotatable bonds is 2. The molecule has 0 N–H and O–H groups in total. The fraction of sp³-hybridized carbons (Fsp3) is 0.0189. The average molecular weight is 739 g/mol. The Hall–Kier alpha value is -7.04. The lowest BCUT2D eigenvalue weighted by atomic mass is 9.84. The molecule has 0 aromatic heterocycles. The van der Waals surface area contributed by atoms with Crippen LogP contribution in [-0.2, 0) is 5.92 Å². The van der Waals surface area contributed by atoms with Crippen LogP contribution in [0.25, 0.3) is 120 Å². The summed E-state index contributed by atoms with van der Waals surface area (Å²) in [6.07, 6.45) is 0. The third-order valence-corrected chi connectivity index (χ3v) is 12.8. The van der Waals surface area contributed by atoms with E-state index in [9.17, 15) is 8.78 Å². The third kappa shape index (κ3) is 3.87. The molecule has 57 heavy (non-hydrogen) atoms. The zero-order chi connectivity index (χ0) is 37.9. The highest BCUT2D eigenvalue weighted by Crippen LogP contribution is 2.58. The summed E-state index contributed by atoms with van der Waals surface area (Å²) in [5.41, 5.74) is 9.41. The van der Waals surface area contributed by atoms with Gasteiger partial charge < -0.3 is 0 Å². The van der Waals surface area contributed by atoms with Gasteiger partial charge in [-0.2, -0.15) is 8.78 Å². The fourth-order valence-electron chi connectivity index (χ4n) is 10.5. The topological polar surface area (TPSA) is 0 Å². The van der Waals surface area contributed by atoms with Crippen LogP contribution in [0.1, 0.15) is 11.1 Å². The molecule has 11 aromatic carbocycles. The lowest BCUT2D eigenvalue weighted by Crippen LogP contribution is -2.10. The second kappa shape index (κ2) is 10.6. The second-order valence-electron chi connectivity index (χ2n) is 15.5. The smallest absolute Gasteiger partial charge is 0.207 e. The Bertz CT molecular complexity index is 3480. The molecule has 0 saturated heterocycles. The van der Waals surface area contributed by atoms with Crippen LogP contribution in [0.5, 0.6) is 0 Å². The summed E-state index contributed by atoms with van der Waals surface area (Å²) in [5.74, 6) is -3.73. The van der Waals surface area contributed by atoms with Crippen LogP contribution in [0.15, 0.2) is 158 Å². The lowest BCUT2D eigenvalue weighted by molar-refractivity contribution is 0.0482. The summed E-state index contributed by atoms with van der Waals surface area (Å²) in [6, 6.07) is 49.5. The first-order valence-corrected chi connectivity index (χ1v) is 19.1. The van der Waals surface area contributed by atoms with Gasteiger partial charge in [0, 0.05) is 11.1 Å². The van der Waals surface area contributed by atoms with Crippen molar-refractivity contribution in [1.29, 1.82) is 0 Å². The third-order valence-electron chi connectivity index (χ3n) is 12.8. The number of halogens is 4. The summed E-state index contributed by atoms with van der Waals surface area (Å²) < 4.78 is 61.4. The van der Waals surface area contributed by atoms with Crippen LogP contribution in [0.2, 0.25) is 0 Å². The van der Waals surface area contributed by atoms with Gasteiger partial charge in [-0.15, -0.1) is 0 Å². The molecule has 266 valence electrons. The average Bonchev–Trinajstić information content (AvgIpc) is 3.68. The van der Waals surface area contributed by atoms with Crippen LogP contribution in [0.4, 0.5) is 17.6 Å². The Labute approximate surface area is 323 Å². The molecule has 0 amide bonds. The minimum Gasteiger partial charge on any atom is -0.207 e. The van der Waals surface area contributed by atoms with Gasteiger partial charge in [-0.25, -0.2) is 8.78 Å². The van der Waals surface area contributed by atoms with E-state index < -0.39 is 5.92 Å². The maximum Gasteiger partial charge on any atom is 0.299 e. The number of fused-ring (bicyclic) bond motifs is 11. The molecular formula is C53H26F4. The molecule has 2 aliphatic carbocycles. The SMILES string of the molecule is Fc1ccc(-c2c3ccccc3c(-c3ccc(F)cc3)c3cc4c(cc23)-c2ccc3c5cccc6c7c(cc(c8ccc-4c2c38)c65)C(F)(F)c2ccccc2-7)cc1. The Morgan fingerprint density at radius 1 is 0.298 bits per heavy atom. The fourth-order valence-corrected chi connectivity index (χ4v) is 10.5. The zero-order valence-electron chi connectivity index (χ0n) is 30.0. The quantitative estimate of drug-likeness (QED) is 0.0941. The molecule has 13 rings (SSSR count). The standard InChI is InChI=1S/C53H26F4/c54-29-16-12-27(13-17-29)47-31-6-1-2-7-32(31)48(28-14-18-30(55)19-15-28)43-25-41-36-22-23-37-44-26-46-50(38-8-3-4-11-45(38)53(46,56)57)39-10-5-9-33(49(39)44)34-20-21-35(52(36)51(34)37)40(41)24-42(43)47/h1-26H. The summed E-state index contributed by atoms with van der Waals surface area (Å²) in [4.78, 5) is 0. The predicted octanol–water partition coefficient (Wildman–Crippen LogP) is 15.4. The van der Waals surface area contributed by atoms with E-state index in [1.807, 2.05) is 60.7 Å². The molecule has 0 spiro atoms. The van der Waals surface area contributed by atoms with E-state index in [4.69, 9.17) is 0 Å². The van der Waals surface area contributed by atoms with Gasteiger partial charge in [0.15, 0.2) is 0 Å². The Morgan fingerprint density at radius 3 is 1.42 bits per heavy atom. The van der Waals surface area contributed by atoms with Crippen LogP contribution in [0.3, 0.4) is 0 Å². The maximum absolute atomic E-state index is 16.4. The largest absolute Gasteiger partial charge is 0.299 e. The Kier molecular flexibility index (Phi) is 5.81. The molecule has 0 aliphatic heterocycles. The van der Waals surface area contributed by atoms with Crippen molar-refractivity contribution in [1.82, 2.24) is 0 Å². The Morgan fingerprint density at radius 2 is 0.807 bits per heavy atom. The molecule has 0 heterocycles. The number of alkyl halides is 2. The maximum atomic E-state index is 16.4. The zero-order valence-corrected chi connectivity index (χ0v) is 30.0. The summed E-state index contributed by atoms with van der Waals surface area (Å²) in [6.45, 7) is 0. The first-order chi connectivity index (χ1) is 27.9. The van der Waals surface area contributed by atoms with Gasteiger partial charge in [-0.3, -0.25) is 0 Å². The van der Waals surface area contributed by atoms with E-state index in [2.05, 4.69) is 54.6 Å². The number of hydrogen-bond acceptors (Lipinski definition) is 0. The van der Waals surface area contributed by atoms with Crippen molar-refractivity contribution in [3.8, 4) is 55.6 Å². The van der Waals surface area contributed by atoms with E-state index >= 15 is 8.78 Å². The highest BCUT2D eigenvalue weighted by Gasteiger charge is 2.45. The normalized spacial score (nSPS) is 13.8. The predicted molar refractivity (Wildman–Crippen MR) is 226 cm³/mol. The summed E-state index contributed by atoms with van der Waals surface area (Å²) >= 11 is 0. The molecule has 2 aliphatic rings. The molecule has 11 aromatic rings. The van der Waals surface area contributed by atoms with Crippen molar-refractivity contribution in [2.75, 3.05) is 0 Å². The monoisotopic (exact) mass is 738 g/mol. The van der Waals surface area contributed by atoms with Crippen molar-refractivity contribution in [2.45, 2.75) is 5.92 Å². The van der Waals surface area contributed by atoms with Crippen molar-refractivity contribution in [3.05, 3.63) is 180 Å². The van der Waals surface area contributed by atoms with E-state index in [-0.39, 0.29) is 22.8 Å². The van der Waals surface area contributed by atoms with Crippen LogP contribution in [-0.4, -0.2) is 0 Å². The number of benzene rings is 11. The lowest BCUT2D eigenvalue weighted by Gasteiger charge is -2.19. The van der Waals surface area contributed by atoms with Gasteiger partial charge in [0.05, 0.1) is 0 Å². The highest BCUT2D eigenvalue weighted by molar-refractivity contribution is 6.39. The van der Waals surface area contributed by atoms with E-state index in [1.54, 1.807) is 18.2 Å². The van der Waals surface area contributed by atoms with Gasteiger partial charge in [-0.05, 0) is 163 Å². The first-order valence-electron chi connectivity index (χ1n) is 19.1. The molecule has 0 bridgehead atoms. The van der Waals surface area contributed by atoms with Crippen molar-refractivity contribution in [3.63, 3.8) is 0 Å². The summed E-state index contributed by atoms with van der Waals surface area (Å²) in [5, 5.41) is 11.9. The van der Waals surface area contributed by atoms with Crippen LogP contribution in [0, 0.1) is 11.6 Å². The molecule has 4 heteroatoms. The molecule has 0 radical (unpaired) electrons.